The number of hydrogen-bond donors (Lipinski definition) is 3. The molecule has 0 saturated carbocycles. The largest absolute Gasteiger partial charge is 0.493 e. The summed E-state index contributed by atoms with van der Waals surface area (Å²) < 4.78 is 10.6. The molecule has 0 fully saturated rings. The molecule has 1 heterocycles. The highest BCUT2D eigenvalue weighted by Crippen LogP contribution is 2.35. The maximum atomic E-state index is 5.65. The second-order valence-corrected chi connectivity index (χ2v) is 4.01. The molecule has 0 bridgehead atoms. The summed E-state index contributed by atoms with van der Waals surface area (Å²) in [5.41, 5.74) is 6.46. The molecular formula is C11H14N4O2S. The van der Waals surface area contributed by atoms with Crippen LogP contribution >= 0.6 is 12.2 Å². The van der Waals surface area contributed by atoms with Gasteiger partial charge in [-0.05, 0) is 18.3 Å². The first-order chi connectivity index (χ1) is 8.65. The Hall–Kier alpha value is -2.02. The maximum absolute atomic E-state index is 5.65. The van der Waals surface area contributed by atoms with E-state index in [1.165, 1.54) is 0 Å². The fraction of sp³-hybridized carbons (Fsp3) is 0.273. The van der Waals surface area contributed by atoms with E-state index in [1.807, 2.05) is 18.2 Å². The van der Waals surface area contributed by atoms with Gasteiger partial charge in [0.15, 0.2) is 28.7 Å². The van der Waals surface area contributed by atoms with Crippen molar-refractivity contribution >= 4 is 23.3 Å². The number of nitrogens with zero attached hydrogens (tertiary/aromatic N) is 1. The molecule has 4 N–H and O–H groups in total. The monoisotopic (exact) mass is 266 g/mol. The van der Waals surface area contributed by atoms with Crippen molar-refractivity contribution in [3.63, 3.8) is 0 Å². The summed E-state index contributed by atoms with van der Waals surface area (Å²) in [7, 11) is 3.16. The molecule has 96 valence electrons. The molecule has 6 nitrogen and oxygen atoms in total. The van der Waals surface area contributed by atoms with Crippen LogP contribution in [0.5, 0.6) is 11.5 Å². The van der Waals surface area contributed by atoms with E-state index in [0.717, 1.165) is 5.56 Å². The lowest BCUT2D eigenvalue weighted by Crippen LogP contribution is -2.49. The van der Waals surface area contributed by atoms with E-state index in [4.69, 9.17) is 27.4 Å². The highest BCUT2D eigenvalue weighted by molar-refractivity contribution is 7.80. The van der Waals surface area contributed by atoms with Crippen LogP contribution in [0.2, 0.25) is 0 Å². The van der Waals surface area contributed by atoms with Gasteiger partial charge in [-0.3, -0.25) is 0 Å². The van der Waals surface area contributed by atoms with Crippen LogP contribution in [0.25, 0.3) is 0 Å². The Balaban J connectivity index is 2.44. The van der Waals surface area contributed by atoms with E-state index in [2.05, 4.69) is 15.6 Å². The summed E-state index contributed by atoms with van der Waals surface area (Å²) in [6, 6.07) is 5.55. The molecule has 2 rings (SSSR count). The predicted octanol–water partition coefficient (Wildman–Crippen LogP) is 0.495. The van der Waals surface area contributed by atoms with Gasteiger partial charge in [0.05, 0.1) is 14.2 Å². The zero-order chi connectivity index (χ0) is 13.1. The lowest BCUT2D eigenvalue weighted by atomic mass is 10.1. The first-order valence-electron chi connectivity index (χ1n) is 5.27. The topological polar surface area (TPSA) is 80.9 Å². The molecular weight excluding hydrogens is 252 g/mol. The predicted molar refractivity (Wildman–Crippen MR) is 72.8 cm³/mol. The summed E-state index contributed by atoms with van der Waals surface area (Å²) in [6.45, 7) is 0. The van der Waals surface area contributed by atoms with E-state index in [-0.39, 0.29) is 12.1 Å². The number of methoxy groups -OCH3 is 2. The fourth-order valence-corrected chi connectivity index (χ4v) is 1.97. The molecule has 7 heteroatoms. The van der Waals surface area contributed by atoms with Crippen molar-refractivity contribution in [3.05, 3.63) is 23.8 Å². The Bertz CT molecular complexity index is 504. The summed E-state index contributed by atoms with van der Waals surface area (Å²) in [4.78, 5) is 4.24. The number of benzene rings is 1. The molecule has 1 aromatic rings. The Morgan fingerprint density at radius 2 is 2.11 bits per heavy atom. The number of thiocarbonyl (C=S) groups is 1. The normalized spacial score (nSPS) is 18.4. The van der Waals surface area contributed by atoms with Crippen LogP contribution in [0.1, 0.15) is 11.7 Å². The van der Waals surface area contributed by atoms with Crippen LogP contribution in [0.3, 0.4) is 0 Å². The molecule has 1 aliphatic rings. The average molecular weight is 266 g/mol. The van der Waals surface area contributed by atoms with Crippen molar-refractivity contribution in [1.82, 2.24) is 10.6 Å². The molecule has 0 saturated heterocycles. The molecule has 18 heavy (non-hydrogen) atoms. The Morgan fingerprint density at radius 1 is 1.33 bits per heavy atom. The number of para-hydroxylation sites is 1. The number of nitrogens with two attached hydrogens (primary N) is 1. The first kappa shape index (κ1) is 12.4. The summed E-state index contributed by atoms with van der Waals surface area (Å²) in [5, 5.41) is 6.16. The highest BCUT2D eigenvalue weighted by atomic mass is 32.1. The van der Waals surface area contributed by atoms with E-state index in [1.54, 1.807) is 14.2 Å². The molecule has 1 aliphatic heterocycles. The maximum Gasteiger partial charge on any atom is 0.197 e. The van der Waals surface area contributed by atoms with Gasteiger partial charge in [-0.2, -0.15) is 0 Å². The molecule has 0 radical (unpaired) electrons. The highest BCUT2D eigenvalue weighted by Gasteiger charge is 2.22. The second-order valence-electron chi connectivity index (χ2n) is 3.60. The van der Waals surface area contributed by atoms with Crippen molar-refractivity contribution in [1.29, 1.82) is 0 Å². The quantitative estimate of drug-likeness (QED) is 0.691. The van der Waals surface area contributed by atoms with Gasteiger partial charge in [-0.1, -0.05) is 12.1 Å². The third-order valence-corrected chi connectivity index (χ3v) is 2.73. The smallest absolute Gasteiger partial charge is 0.197 e. The van der Waals surface area contributed by atoms with Gasteiger partial charge in [-0.25, -0.2) is 4.99 Å². The lowest BCUT2D eigenvalue weighted by molar-refractivity contribution is 0.348. The SMILES string of the molecule is COc1cccc([C@H]2N=C(N)NC(=S)N2)c1OC. The van der Waals surface area contributed by atoms with E-state index < -0.39 is 0 Å². The average Bonchev–Trinajstić information content (AvgIpc) is 2.36. The Kier molecular flexibility index (Phi) is 3.52. The van der Waals surface area contributed by atoms with E-state index in [0.29, 0.717) is 16.6 Å². The lowest BCUT2D eigenvalue weighted by Gasteiger charge is -2.24. The Morgan fingerprint density at radius 3 is 2.72 bits per heavy atom. The van der Waals surface area contributed by atoms with Crippen molar-refractivity contribution in [2.75, 3.05) is 14.2 Å². The number of ether oxygens (including phenoxy) is 2. The van der Waals surface area contributed by atoms with Crippen LogP contribution in [-0.4, -0.2) is 25.3 Å². The van der Waals surface area contributed by atoms with E-state index >= 15 is 0 Å². The molecule has 1 atom stereocenters. The third kappa shape index (κ3) is 2.30. The number of aliphatic imine (C=N–C) groups is 1. The van der Waals surface area contributed by atoms with Crippen molar-refractivity contribution in [3.8, 4) is 11.5 Å². The number of hydrogen-bond acceptors (Lipinski definition) is 5. The zero-order valence-corrected chi connectivity index (χ0v) is 10.9. The van der Waals surface area contributed by atoms with Crippen LogP contribution in [-0.2, 0) is 0 Å². The minimum absolute atomic E-state index is 0.272. The second kappa shape index (κ2) is 5.09. The van der Waals surface area contributed by atoms with Crippen LogP contribution < -0.4 is 25.8 Å². The number of guanidine groups is 1. The third-order valence-electron chi connectivity index (χ3n) is 2.51. The summed E-state index contributed by atoms with van der Waals surface area (Å²) >= 11 is 5.05. The van der Waals surface area contributed by atoms with Crippen LogP contribution in [0.4, 0.5) is 0 Å². The van der Waals surface area contributed by atoms with Crippen LogP contribution in [0.15, 0.2) is 23.2 Å². The molecule has 0 aromatic heterocycles. The van der Waals surface area contributed by atoms with Gasteiger partial charge < -0.3 is 25.8 Å². The minimum Gasteiger partial charge on any atom is -0.493 e. The standard InChI is InChI=1S/C11H14N4O2S/c1-16-7-5-3-4-6(8(7)17-2)9-13-10(12)15-11(18)14-9/h3-5,9H,1-2H3,(H4,12,13,14,15,18)/t9-/m0/s1. The number of nitrogens with one attached hydrogen (secondary N) is 2. The van der Waals surface area contributed by atoms with Gasteiger partial charge in [0.25, 0.3) is 0 Å². The van der Waals surface area contributed by atoms with Gasteiger partial charge in [0.1, 0.15) is 0 Å². The molecule has 0 unspecified atom stereocenters. The number of rotatable bonds is 3. The van der Waals surface area contributed by atoms with Crippen LogP contribution in [0, 0.1) is 0 Å². The van der Waals surface area contributed by atoms with Gasteiger partial charge >= 0.3 is 0 Å². The summed E-state index contributed by atoms with van der Waals surface area (Å²) in [5.74, 6) is 1.52. The fourth-order valence-electron chi connectivity index (χ4n) is 1.75. The van der Waals surface area contributed by atoms with Crippen molar-refractivity contribution in [2.24, 2.45) is 10.7 Å². The van der Waals surface area contributed by atoms with Gasteiger partial charge in [-0.15, -0.1) is 0 Å². The summed E-state index contributed by atoms with van der Waals surface area (Å²) in [6.07, 6.45) is -0.385. The zero-order valence-electron chi connectivity index (χ0n) is 10.1. The van der Waals surface area contributed by atoms with E-state index in [9.17, 15) is 0 Å². The van der Waals surface area contributed by atoms with Crippen molar-refractivity contribution in [2.45, 2.75) is 6.17 Å². The van der Waals surface area contributed by atoms with Gasteiger partial charge in [0.2, 0.25) is 0 Å². The minimum atomic E-state index is -0.385. The molecule has 0 spiro atoms. The molecule has 0 aliphatic carbocycles. The Labute approximate surface area is 110 Å². The molecule has 1 aromatic carbocycles. The first-order valence-corrected chi connectivity index (χ1v) is 5.68. The van der Waals surface area contributed by atoms with Crippen molar-refractivity contribution < 1.29 is 9.47 Å². The van der Waals surface area contributed by atoms with Gasteiger partial charge in [0, 0.05) is 5.56 Å². The molecule has 0 amide bonds.